The maximum Gasteiger partial charge on any atom is 0.306 e. The maximum absolute atomic E-state index is 12.9. The minimum absolute atomic E-state index is 0.0855. The van der Waals surface area contributed by atoms with Crippen molar-refractivity contribution in [1.29, 1.82) is 0 Å². The maximum atomic E-state index is 12.9. The van der Waals surface area contributed by atoms with Crippen LogP contribution < -0.4 is 0 Å². The van der Waals surface area contributed by atoms with E-state index in [1.807, 2.05) is 0 Å². The highest BCUT2D eigenvalue weighted by atomic mass is 16.6. The summed E-state index contributed by atoms with van der Waals surface area (Å²) in [5.41, 5.74) is 0. The molecule has 0 aliphatic carbocycles. The van der Waals surface area contributed by atoms with E-state index in [-0.39, 0.29) is 31.1 Å². The number of carbonyl (C=O) groups is 3. The minimum atomic E-state index is -0.791. The molecule has 0 bridgehead atoms. The third-order valence-corrected chi connectivity index (χ3v) is 13.8. The van der Waals surface area contributed by atoms with Gasteiger partial charge in [-0.15, -0.1) is 0 Å². The fourth-order valence-electron chi connectivity index (χ4n) is 9.10. The van der Waals surface area contributed by atoms with Crippen LogP contribution in [-0.4, -0.2) is 37.2 Å². The Morgan fingerprint density at radius 2 is 0.521 bits per heavy atom. The summed E-state index contributed by atoms with van der Waals surface area (Å²) in [6, 6.07) is 0. The summed E-state index contributed by atoms with van der Waals surface area (Å²) in [6.45, 7) is 6.63. The summed E-state index contributed by atoms with van der Waals surface area (Å²) in [5.74, 6) is -0.922. The van der Waals surface area contributed by atoms with Crippen LogP contribution >= 0.6 is 0 Å². The largest absolute Gasteiger partial charge is 0.462 e. The van der Waals surface area contributed by atoms with Crippen LogP contribution in [0.3, 0.4) is 0 Å². The summed E-state index contributed by atoms with van der Waals surface area (Å²) in [7, 11) is 0. The van der Waals surface area contributed by atoms with Gasteiger partial charge in [-0.2, -0.15) is 0 Å². The third kappa shape index (κ3) is 58.1. The molecular formula is C65H118O6. The molecule has 0 aromatic carbocycles. The lowest BCUT2D eigenvalue weighted by Gasteiger charge is -2.18. The lowest BCUT2D eigenvalue weighted by Crippen LogP contribution is -2.30. The topological polar surface area (TPSA) is 78.9 Å². The number of rotatable bonds is 57. The van der Waals surface area contributed by atoms with Crippen molar-refractivity contribution in [3.63, 3.8) is 0 Å². The van der Waals surface area contributed by atoms with Gasteiger partial charge in [-0.3, -0.25) is 14.4 Å². The summed E-state index contributed by atoms with van der Waals surface area (Å²) in [6.07, 6.45) is 74.0. The third-order valence-electron chi connectivity index (χ3n) is 13.8. The van der Waals surface area contributed by atoms with Crippen molar-refractivity contribution in [3.05, 3.63) is 48.6 Å². The van der Waals surface area contributed by atoms with E-state index in [0.29, 0.717) is 25.7 Å². The molecule has 0 spiro atoms. The molecule has 0 aliphatic heterocycles. The highest BCUT2D eigenvalue weighted by Gasteiger charge is 2.19. The molecular weight excluding hydrogens is 877 g/mol. The first kappa shape index (κ1) is 68.4. The van der Waals surface area contributed by atoms with E-state index in [9.17, 15) is 14.4 Å². The zero-order valence-electron chi connectivity index (χ0n) is 47.5. The number of hydrogen-bond donors (Lipinski definition) is 0. The average Bonchev–Trinajstić information content (AvgIpc) is 3.37. The molecule has 0 heterocycles. The molecule has 0 rings (SSSR count). The van der Waals surface area contributed by atoms with E-state index in [0.717, 1.165) is 57.8 Å². The van der Waals surface area contributed by atoms with Crippen molar-refractivity contribution < 1.29 is 28.6 Å². The van der Waals surface area contributed by atoms with Crippen molar-refractivity contribution in [1.82, 2.24) is 0 Å². The Hall–Kier alpha value is -2.63. The van der Waals surface area contributed by atoms with Crippen LogP contribution in [-0.2, 0) is 28.6 Å². The van der Waals surface area contributed by atoms with E-state index in [2.05, 4.69) is 69.4 Å². The number of allylic oxidation sites excluding steroid dienone is 8. The van der Waals surface area contributed by atoms with Gasteiger partial charge >= 0.3 is 17.9 Å². The van der Waals surface area contributed by atoms with Gasteiger partial charge in [0.05, 0.1) is 0 Å². The van der Waals surface area contributed by atoms with Crippen molar-refractivity contribution in [3.8, 4) is 0 Å². The Morgan fingerprint density at radius 3 is 0.859 bits per heavy atom. The monoisotopic (exact) mass is 995 g/mol. The van der Waals surface area contributed by atoms with E-state index in [4.69, 9.17) is 14.2 Å². The quantitative estimate of drug-likeness (QED) is 0.0261. The molecule has 0 fully saturated rings. The number of esters is 3. The van der Waals surface area contributed by atoms with Crippen molar-refractivity contribution in [2.24, 2.45) is 0 Å². The Labute approximate surface area is 441 Å². The van der Waals surface area contributed by atoms with Crippen molar-refractivity contribution >= 4 is 17.9 Å². The molecule has 1 atom stereocenters. The Balaban J connectivity index is 4.37. The first-order valence-corrected chi connectivity index (χ1v) is 31.1. The number of hydrogen-bond acceptors (Lipinski definition) is 6. The predicted octanol–water partition coefficient (Wildman–Crippen LogP) is 21.0. The SMILES string of the molecule is CCCCCCCC/C=C\C/C=C\C/C=C\CCCC(=O)OC[C@@H](COC(=O)CCCCCCCCCCCCC/C=C\CCCCCCCC)OC(=O)CCCCCCCCCCCCCCCCC. The van der Waals surface area contributed by atoms with Crippen LogP contribution in [0.25, 0.3) is 0 Å². The molecule has 0 aromatic rings. The van der Waals surface area contributed by atoms with Crippen molar-refractivity contribution in [2.45, 2.75) is 335 Å². The summed E-state index contributed by atoms with van der Waals surface area (Å²) in [5, 5.41) is 0. The highest BCUT2D eigenvalue weighted by molar-refractivity contribution is 5.71. The van der Waals surface area contributed by atoms with Gasteiger partial charge in [-0.1, -0.05) is 281 Å². The van der Waals surface area contributed by atoms with E-state index in [1.54, 1.807) is 0 Å². The lowest BCUT2D eigenvalue weighted by atomic mass is 10.0. The van der Waals surface area contributed by atoms with Gasteiger partial charge in [0.25, 0.3) is 0 Å². The van der Waals surface area contributed by atoms with Gasteiger partial charge in [-0.05, 0) is 77.0 Å². The number of carbonyl (C=O) groups excluding carboxylic acids is 3. The normalized spacial score (nSPS) is 12.3. The first-order chi connectivity index (χ1) is 35.0. The van der Waals surface area contributed by atoms with Crippen LogP contribution in [0.5, 0.6) is 0 Å². The van der Waals surface area contributed by atoms with Gasteiger partial charge in [-0.25, -0.2) is 0 Å². The number of unbranched alkanes of at least 4 members (excludes halogenated alkanes) is 38. The fraction of sp³-hybridized carbons (Fsp3) is 0.831. The molecule has 6 nitrogen and oxygen atoms in total. The molecule has 0 saturated carbocycles. The van der Waals surface area contributed by atoms with E-state index >= 15 is 0 Å². The lowest BCUT2D eigenvalue weighted by molar-refractivity contribution is -0.167. The molecule has 0 aliphatic rings. The van der Waals surface area contributed by atoms with Gasteiger partial charge in [0.1, 0.15) is 13.2 Å². The second-order valence-corrected chi connectivity index (χ2v) is 21.0. The summed E-state index contributed by atoms with van der Waals surface area (Å²) in [4.78, 5) is 38.2. The standard InChI is InChI=1S/C65H118O6/c1-4-7-10-13-16-19-22-25-28-30-31-32-33-35-38-40-43-46-49-52-55-58-64(67)70-61-62(71-65(68)59-56-53-50-47-44-41-36-27-24-21-18-15-12-9-6-3)60-69-63(66)57-54-51-48-45-42-39-37-34-29-26-23-20-17-14-11-8-5-2/h25-26,28-29,37,39,45,48,62H,4-24,27,30-36,38,40-44,46-47,49-61H2,1-3H3/b28-25-,29-26-,39-37-,48-45-/t62-/m0/s1. The molecule has 0 saturated heterocycles. The van der Waals surface area contributed by atoms with Crippen LogP contribution in [0.4, 0.5) is 0 Å². The minimum Gasteiger partial charge on any atom is -0.462 e. The second-order valence-electron chi connectivity index (χ2n) is 21.0. The fourth-order valence-corrected chi connectivity index (χ4v) is 9.10. The highest BCUT2D eigenvalue weighted by Crippen LogP contribution is 2.17. The molecule has 71 heavy (non-hydrogen) atoms. The molecule has 0 N–H and O–H groups in total. The molecule has 0 radical (unpaired) electrons. The zero-order valence-corrected chi connectivity index (χ0v) is 47.5. The second kappa shape index (κ2) is 59.9. The van der Waals surface area contributed by atoms with Gasteiger partial charge < -0.3 is 14.2 Å². The van der Waals surface area contributed by atoms with Crippen LogP contribution in [0.1, 0.15) is 329 Å². The Bertz CT molecular complexity index is 1230. The molecule has 0 unspecified atom stereocenters. The smallest absolute Gasteiger partial charge is 0.306 e. The predicted molar refractivity (Wildman–Crippen MR) is 307 cm³/mol. The van der Waals surface area contributed by atoms with Gasteiger partial charge in [0.2, 0.25) is 0 Å². The van der Waals surface area contributed by atoms with Crippen molar-refractivity contribution in [2.75, 3.05) is 13.2 Å². The van der Waals surface area contributed by atoms with Crippen LogP contribution in [0, 0.1) is 0 Å². The molecule has 0 aromatic heterocycles. The van der Waals surface area contributed by atoms with E-state index < -0.39 is 6.10 Å². The van der Waals surface area contributed by atoms with Crippen LogP contribution in [0.2, 0.25) is 0 Å². The van der Waals surface area contributed by atoms with Gasteiger partial charge in [0.15, 0.2) is 6.10 Å². The molecule has 6 heteroatoms. The Morgan fingerprint density at radius 1 is 0.282 bits per heavy atom. The van der Waals surface area contributed by atoms with E-state index in [1.165, 1.54) is 225 Å². The average molecular weight is 996 g/mol. The molecule has 0 amide bonds. The van der Waals surface area contributed by atoms with Gasteiger partial charge in [0, 0.05) is 19.3 Å². The molecule has 414 valence electrons. The number of ether oxygens (including phenoxy) is 3. The Kier molecular flexibility index (Phi) is 57.7. The first-order valence-electron chi connectivity index (χ1n) is 31.1. The summed E-state index contributed by atoms with van der Waals surface area (Å²) >= 11 is 0. The van der Waals surface area contributed by atoms with Crippen LogP contribution in [0.15, 0.2) is 48.6 Å². The zero-order chi connectivity index (χ0) is 51.4. The summed E-state index contributed by atoms with van der Waals surface area (Å²) < 4.78 is 16.9.